The Morgan fingerprint density at radius 2 is 1.70 bits per heavy atom. The maximum atomic E-state index is 12.3. The number of ether oxygens (including phenoxy) is 1. The third-order valence-electron chi connectivity index (χ3n) is 3.29. The van der Waals surface area contributed by atoms with Gasteiger partial charge in [-0.3, -0.25) is 4.79 Å². The summed E-state index contributed by atoms with van der Waals surface area (Å²) in [6, 6.07) is 0. The summed E-state index contributed by atoms with van der Waals surface area (Å²) in [4.78, 5) is 11.7. The molecule has 0 aliphatic heterocycles. The zero-order valence-corrected chi connectivity index (χ0v) is 10.5. The molecule has 1 saturated carbocycles. The number of alkyl halides is 5. The van der Waals surface area contributed by atoms with Crippen molar-refractivity contribution >= 4 is 5.97 Å². The van der Waals surface area contributed by atoms with Crippen LogP contribution < -0.4 is 0 Å². The van der Waals surface area contributed by atoms with Gasteiger partial charge in [0.15, 0.2) is 0 Å². The van der Waals surface area contributed by atoms with Gasteiger partial charge in [-0.1, -0.05) is 19.4 Å². The van der Waals surface area contributed by atoms with Crippen LogP contribution in [0.25, 0.3) is 0 Å². The second kappa shape index (κ2) is 6.41. The summed E-state index contributed by atoms with van der Waals surface area (Å²) in [7, 11) is 0. The second-order valence-corrected chi connectivity index (χ2v) is 4.72. The standard InChI is InChI=1S/C12H15F5O3/c1-6(18)7-4-2-3-5-8(7)11(19)20-9(10(13)14)12(15,16)17/h7-10,18H,1-5H2. The number of halogens is 5. The van der Waals surface area contributed by atoms with Gasteiger partial charge in [0.2, 0.25) is 0 Å². The van der Waals surface area contributed by atoms with Crippen LogP contribution in [0.1, 0.15) is 25.7 Å². The topological polar surface area (TPSA) is 46.5 Å². The first-order valence-electron chi connectivity index (χ1n) is 6.07. The van der Waals surface area contributed by atoms with Gasteiger partial charge in [-0.2, -0.15) is 13.2 Å². The molecule has 0 aromatic rings. The molecule has 0 bridgehead atoms. The maximum absolute atomic E-state index is 12.3. The predicted molar refractivity (Wildman–Crippen MR) is 59.2 cm³/mol. The largest absolute Gasteiger partial charge is 0.513 e. The van der Waals surface area contributed by atoms with Gasteiger partial charge < -0.3 is 9.84 Å². The van der Waals surface area contributed by atoms with E-state index in [-0.39, 0.29) is 12.2 Å². The Bertz CT molecular complexity index is 367. The number of carbonyl (C=O) groups is 1. The first-order chi connectivity index (χ1) is 9.14. The van der Waals surface area contributed by atoms with Crippen molar-refractivity contribution in [1.29, 1.82) is 0 Å². The number of esters is 1. The Balaban J connectivity index is 2.79. The van der Waals surface area contributed by atoms with Crippen molar-refractivity contribution in [3.8, 4) is 0 Å². The van der Waals surface area contributed by atoms with Gasteiger partial charge in [0.1, 0.15) is 0 Å². The number of carbonyl (C=O) groups excluding carboxylic acids is 1. The summed E-state index contributed by atoms with van der Waals surface area (Å²) >= 11 is 0. The Morgan fingerprint density at radius 1 is 1.20 bits per heavy atom. The molecule has 0 amide bonds. The monoisotopic (exact) mass is 302 g/mol. The van der Waals surface area contributed by atoms with E-state index in [1.807, 2.05) is 0 Å². The Kier molecular flexibility index (Phi) is 5.35. The molecule has 0 aromatic carbocycles. The van der Waals surface area contributed by atoms with Crippen molar-refractivity contribution in [2.24, 2.45) is 11.8 Å². The average molecular weight is 302 g/mol. The number of aliphatic hydroxyl groups is 1. The van der Waals surface area contributed by atoms with Gasteiger partial charge in [-0.25, -0.2) is 8.78 Å². The van der Waals surface area contributed by atoms with Gasteiger partial charge in [0, 0.05) is 5.92 Å². The molecule has 1 aliphatic rings. The summed E-state index contributed by atoms with van der Waals surface area (Å²) < 4.78 is 65.5. The fraction of sp³-hybridized carbons (Fsp3) is 0.750. The molecule has 3 unspecified atom stereocenters. The van der Waals surface area contributed by atoms with Crippen LogP contribution in [0.15, 0.2) is 12.3 Å². The minimum atomic E-state index is -5.33. The number of rotatable bonds is 4. The molecular weight excluding hydrogens is 287 g/mol. The van der Waals surface area contributed by atoms with E-state index in [1.54, 1.807) is 0 Å². The van der Waals surface area contributed by atoms with Gasteiger partial charge in [-0.05, 0) is 12.8 Å². The Morgan fingerprint density at radius 3 is 2.10 bits per heavy atom. The van der Waals surface area contributed by atoms with Crippen LogP contribution in [0.5, 0.6) is 0 Å². The van der Waals surface area contributed by atoms with E-state index in [4.69, 9.17) is 0 Å². The smallest absolute Gasteiger partial charge is 0.431 e. The van der Waals surface area contributed by atoms with E-state index in [0.717, 1.165) is 0 Å². The summed E-state index contributed by atoms with van der Waals surface area (Å²) in [5.74, 6) is -3.52. The highest BCUT2D eigenvalue weighted by molar-refractivity contribution is 5.73. The normalized spacial score (nSPS) is 25.3. The molecule has 20 heavy (non-hydrogen) atoms. The van der Waals surface area contributed by atoms with Crippen LogP contribution in [0.3, 0.4) is 0 Å². The number of aliphatic hydroxyl groups excluding tert-OH is 1. The predicted octanol–water partition coefficient (Wildman–Crippen LogP) is 3.60. The SMILES string of the molecule is C=C(O)C1CCCCC1C(=O)OC(C(F)F)C(F)(F)F. The number of hydrogen-bond donors (Lipinski definition) is 1. The molecule has 1 rings (SSSR count). The van der Waals surface area contributed by atoms with Crippen molar-refractivity contribution in [2.75, 3.05) is 0 Å². The zero-order chi connectivity index (χ0) is 15.5. The van der Waals surface area contributed by atoms with Gasteiger partial charge in [0.05, 0.1) is 11.7 Å². The molecule has 3 nitrogen and oxygen atoms in total. The molecule has 0 aromatic heterocycles. The minimum absolute atomic E-state index is 0.177. The van der Waals surface area contributed by atoms with Crippen LogP contribution in [-0.2, 0) is 9.53 Å². The van der Waals surface area contributed by atoms with E-state index in [1.165, 1.54) is 0 Å². The molecule has 1 aliphatic carbocycles. The first kappa shape index (κ1) is 16.7. The van der Waals surface area contributed by atoms with Crippen molar-refractivity contribution in [1.82, 2.24) is 0 Å². The Hall–Kier alpha value is -1.34. The molecule has 1 fully saturated rings. The molecule has 8 heteroatoms. The lowest BCUT2D eigenvalue weighted by Crippen LogP contribution is -2.42. The third kappa shape index (κ3) is 4.08. The van der Waals surface area contributed by atoms with Gasteiger partial charge in [0.25, 0.3) is 12.5 Å². The van der Waals surface area contributed by atoms with Crippen molar-refractivity contribution in [2.45, 2.75) is 44.4 Å². The highest BCUT2D eigenvalue weighted by Crippen LogP contribution is 2.36. The van der Waals surface area contributed by atoms with Crippen LogP contribution in [0, 0.1) is 11.8 Å². The molecule has 3 atom stereocenters. The van der Waals surface area contributed by atoms with Crippen molar-refractivity contribution in [3.63, 3.8) is 0 Å². The number of hydrogen-bond acceptors (Lipinski definition) is 3. The Labute approximate surface area is 112 Å². The van der Waals surface area contributed by atoms with Crippen molar-refractivity contribution < 1.29 is 36.6 Å². The summed E-state index contributed by atoms with van der Waals surface area (Å²) in [5, 5.41) is 9.33. The van der Waals surface area contributed by atoms with E-state index < -0.39 is 36.5 Å². The zero-order valence-electron chi connectivity index (χ0n) is 10.5. The van der Waals surface area contributed by atoms with E-state index in [9.17, 15) is 31.9 Å². The second-order valence-electron chi connectivity index (χ2n) is 4.72. The fourth-order valence-electron chi connectivity index (χ4n) is 2.29. The lowest BCUT2D eigenvalue weighted by atomic mass is 9.78. The molecule has 0 saturated heterocycles. The summed E-state index contributed by atoms with van der Waals surface area (Å²) in [6.45, 7) is 3.25. The highest BCUT2D eigenvalue weighted by Gasteiger charge is 2.50. The van der Waals surface area contributed by atoms with E-state index in [2.05, 4.69) is 11.3 Å². The molecular formula is C12H15F5O3. The van der Waals surface area contributed by atoms with Gasteiger partial charge in [-0.15, -0.1) is 0 Å². The van der Waals surface area contributed by atoms with Crippen molar-refractivity contribution in [3.05, 3.63) is 12.3 Å². The maximum Gasteiger partial charge on any atom is 0.431 e. The van der Waals surface area contributed by atoms with Gasteiger partial charge >= 0.3 is 12.1 Å². The van der Waals surface area contributed by atoms with E-state index >= 15 is 0 Å². The number of allylic oxidation sites excluding steroid dienone is 1. The lowest BCUT2D eigenvalue weighted by Gasteiger charge is -2.30. The van der Waals surface area contributed by atoms with Crippen LogP contribution in [0.2, 0.25) is 0 Å². The highest BCUT2D eigenvalue weighted by atomic mass is 19.4. The molecule has 0 heterocycles. The average Bonchev–Trinajstić information content (AvgIpc) is 2.33. The molecule has 0 spiro atoms. The summed E-state index contributed by atoms with van der Waals surface area (Å²) in [5.41, 5.74) is 0. The first-order valence-corrected chi connectivity index (χ1v) is 6.07. The minimum Gasteiger partial charge on any atom is -0.513 e. The third-order valence-corrected chi connectivity index (χ3v) is 3.29. The molecule has 0 radical (unpaired) electrons. The molecule has 116 valence electrons. The fourth-order valence-corrected chi connectivity index (χ4v) is 2.29. The quantitative estimate of drug-likeness (QED) is 0.490. The lowest BCUT2D eigenvalue weighted by molar-refractivity contribution is -0.251. The molecule has 1 N–H and O–H groups in total. The van der Waals surface area contributed by atoms with Crippen LogP contribution in [0.4, 0.5) is 22.0 Å². The van der Waals surface area contributed by atoms with E-state index in [0.29, 0.717) is 19.3 Å². The van der Waals surface area contributed by atoms with Crippen LogP contribution >= 0.6 is 0 Å². The van der Waals surface area contributed by atoms with Crippen LogP contribution in [-0.4, -0.2) is 29.8 Å². The summed E-state index contributed by atoms with van der Waals surface area (Å²) in [6.07, 6.45) is -10.9.